The van der Waals surface area contributed by atoms with E-state index in [1.54, 1.807) is 17.9 Å². The molecule has 3 aromatic rings. The molecule has 1 aliphatic heterocycles. The minimum absolute atomic E-state index is 0.155. The van der Waals surface area contributed by atoms with Gasteiger partial charge in [0.1, 0.15) is 5.52 Å². The quantitative estimate of drug-likeness (QED) is 0.704. The molecule has 0 saturated carbocycles. The molecule has 0 radical (unpaired) electrons. The van der Waals surface area contributed by atoms with Crippen molar-refractivity contribution in [2.45, 2.75) is 32.0 Å². The lowest BCUT2D eigenvalue weighted by Gasteiger charge is -2.12. The normalized spacial score (nSPS) is 17.2. The van der Waals surface area contributed by atoms with Crippen molar-refractivity contribution in [1.29, 1.82) is 0 Å². The van der Waals surface area contributed by atoms with Crippen molar-refractivity contribution in [2.24, 2.45) is 0 Å². The molecule has 1 amide bonds. The molecule has 0 N–H and O–H groups in total. The molecule has 1 aliphatic rings. The van der Waals surface area contributed by atoms with Gasteiger partial charge in [0.25, 0.3) is 5.91 Å². The van der Waals surface area contributed by atoms with Crippen LogP contribution >= 0.6 is 0 Å². The first-order chi connectivity index (χ1) is 12.2. The molecular formula is C17H19N5O3. The maximum Gasteiger partial charge on any atom is 0.276 e. The Bertz CT molecular complexity index is 848. The first-order valence-corrected chi connectivity index (χ1v) is 8.31. The molecule has 2 aromatic heterocycles. The number of aromatic nitrogens is 4. The molecule has 0 bridgehead atoms. The molecule has 0 spiro atoms. The van der Waals surface area contributed by atoms with Crippen molar-refractivity contribution in [2.75, 3.05) is 13.7 Å². The summed E-state index contributed by atoms with van der Waals surface area (Å²) >= 11 is 0. The van der Waals surface area contributed by atoms with Crippen LogP contribution in [0.5, 0.6) is 0 Å². The SMILES string of the molecule is CN(Cc1nc2ccccc2o1)C(=O)c1cn(CC2CCCO2)nn1. The number of hydrogen-bond donors (Lipinski definition) is 0. The number of ether oxygens (including phenoxy) is 1. The van der Waals surface area contributed by atoms with Gasteiger partial charge in [-0.2, -0.15) is 0 Å². The van der Waals surface area contributed by atoms with Gasteiger partial charge in [-0.05, 0) is 25.0 Å². The first-order valence-electron chi connectivity index (χ1n) is 8.31. The first kappa shape index (κ1) is 15.8. The number of rotatable bonds is 5. The molecule has 3 heterocycles. The maximum absolute atomic E-state index is 12.5. The van der Waals surface area contributed by atoms with E-state index in [0.29, 0.717) is 23.7 Å². The van der Waals surface area contributed by atoms with E-state index in [0.717, 1.165) is 25.0 Å². The average molecular weight is 341 g/mol. The minimum Gasteiger partial charge on any atom is -0.439 e. The van der Waals surface area contributed by atoms with Gasteiger partial charge in [-0.1, -0.05) is 17.3 Å². The number of benzene rings is 1. The largest absolute Gasteiger partial charge is 0.439 e. The van der Waals surface area contributed by atoms with Gasteiger partial charge < -0.3 is 14.1 Å². The van der Waals surface area contributed by atoms with Crippen molar-refractivity contribution in [3.8, 4) is 0 Å². The highest BCUT2D eigenvalue weighted by atomic mass is 16.5. The number of amides is 1. The molecule has 130 valence electrons. The van der Waals surface area contributed by atoms with Gasteiger partial charge in [0.2, 0.25) is 5.89 Å². The number of carbonyl (C=O) groups is 1. The van der Waals surface area contributed by atoms with E-state index >= 15 is 0 Å². The van der Waals surface area contributed by atoms with Gasteiger partial charge in [0, 0.05) is 13.7 Å². The summed E-state index contributed by atoms with van der Waals surface area (Å²) < 4.78 is 12.9. The highest BCUT2D eigenvalue weighted by molar-refractivity contribution is 5.91. The number of hydrogen-bond acceptors (Lipinski definition) is 6. The van der Waals surface area contributed by atoms with Crippen LogP contribution in [0, 0.1) is 0 Å². The van der Waals surface area contributed by atoms with E-state index in [2.05, 4.69) is 15.3 Å². The molecule has 1 fully saturated rings. The van der Waals surface area contributed by atoms with Crippen molar-refractivity contribution in [3.63, 3.8) is 0 Å². The summed E-state index contributed by atoms with van der Waals surface area (Å²) in [5, 5.41) is 8.00. The number of para-hydroxylation sites is 2. The zero-order valence-electron chi connectivity index (χ0n) is 14.0. The molecule has 8 nitrogen and oxygen atoms in total. The molecular weight excluding hydrogens is 322 g/mol. The average Bonchev–Trinajstić information content (AvgIpc) is 3.34. The van der Waals surface area contributed by atoms with Gasteiger partial charge in [0.05, 0.1) is 25.4 Å². The summed E-state index contributed by atoms with van der Waals surface area (Å²) in [5.74, 6) is 0.268. The molecule has 1 atom stereocenters. The van der Waals surface area contributed by atoms with Gasteiger partial charge in [-0.25, -0.2) is 9.67 Å². The van der Waals surface area contributed by atoms with Crippen molar-refractivity contribution < 1.29 is 13.9 Å². The van der Waals surface area contributed by atoms with Gasteiger partial charge in [-0.3, -0.25) is 4.79 Å². The van der Waals surface area contributed by atoms with Crippen LogP contribution in [0.15, 0.2) is 34.9 Å². The van der Waals surface area contributed by atoms with Crippen LogP contribution < -0.4 is 0 Å². The summed E-state index contributed by atoms with van der Waals surface area (Å²) in [4.78, 5) is 18.4. The Hall–Kier alpha value is -2.74. The number of fused-ring (bicyclic) bond motifs is 1. The van der Waals surface area contributed by atoms with Crippen LogP contribution in [-0.2, 0) is 17.8 Å². The second kappa shape index (κ2) is 6.64. The molecule has 1 saturated heterocycles. The molecule has 1 unspecified atom stereocenters. The Balaban J connectivity index is 1.42. The predicted molar refractivity (Wildman–Crippen MR) is 88.8 cm³/mol. The van der Waals surface area contributed by atoms with Crippen LogP contribution in [0.3, 0.4) is 0 Å². The van der Waals surface area contributed by atoms with E-state index in [-0.39, 0.29) is 18.6 Å². The lowest BCUT2D eigenvalue weighted by molar-refractivity contribution is 0.0767. The summed E-state index contributed by atoms with van der Waals surface area (Å²) in [5.41, 5.74) is 1.79. The van der Waals surface area contributed by atoms with Crippen molar-refractivity contribution in [1.82, 2.24) is 24.9 Å². The van der Waals surface area contributed by atoms with Gasteiger partial charge in [0.15, 0.2) is 11.3 Å². The van der Waals surface area contributed by atoms with Crippen molar-refractivity contribution >= 4 is 17.0 Å². The molecule has 4 rings (SSSR count). The fourth-order valence-electron chi connectivity index (χ4n) is 2.94. The van der Waals surface area contributed by atoms with Crippen LogP contribution in [0.4, 0.5) is 0 Å². The second-order valence-electron chi connectivity index (χ2n) is 6.20. The molecule has 1 aromatic carbocycles. The summed E-state index contributed by atoms with van der Waals surface area (Å²) in [7, 11) is 1.69. The van der Waals surface area contributed by atoms with Crippen LogP contribution in [-0.4, -0.2) is 50.5 Å². The summed E-state index contributed by atoms with van der Waals surface area (Å²) in [6, 6.07) is 7.51. The highest BCUT2D eigenvalue weighted by Gasteiger charge is 2.20. The second-order valence-corrected chi connectivity index (χ2v) is 6.20. The highest BCUT2D eigenvalue weighted by Crippen LogP contribution is 2.16. The monoisotopic (exact) mass is 341 g/mol. The minimum atomic E-state index is -0.221. The van der Waals surface area contributed by atoms with E-state index in [4.69, 9.17) is 9.15 Å². The molecule has 8 heteroatoms. The number of oxazole rings is 1. The zero-order valence-corrected chi connectivity index (χ0v) is 14.0. The maximum atomic E-state index is 12.5. The van der Waals surface area contributed by atoms with E-state index in [9.17, 15) is 4.79 Å². The lowest BCUT2D eigenvalue weighted by atomic mass is 10.2. The van der Waals surface area contributed by atoms with Gasteiger partial charge >= 0.3 is 0 Å². The lowest BCUT2D eigenvalue weighted by Crippen LogP contribution is -2.26. The fraction of sp³-hybridized carbons (Fsp3) is 0.412. The predicted octanol–water partition coefficient (Wildman–Crippen LogP) is 1.87. The standard InChI is InChI=1S/C17H19N5O3/c1-21(11-16-18-13-6-2-3-7-15(13)25-16)17(23)14-10-22(20-19-14)9-12-5-4-8-24-12/h2-3,6-7,10,12H,4-5,8-9,11H2,1H3. The summed E-state index contributed by atoms with van der Waals surface area (Å²) in [6.07, 6.45) is 3.90. The Morgan fingerprint density at radius 3 is 3.08 bits per heavy atom. The third-order valence-electron chi connectivity index (χ3n) is 4.23. The summed E-state index contributed by atoms with van der Waals surface area (Å²) in [6.45, 7) is 1.68. The molecule has 25 heavy (non-hydrogen) atoms. The zero-order chi connectivity index (χ0) is 17.2. The van der Waals surface area contributed by atoms with Crippen molar-refractivity contribution in [3.05, 3.63) is 42.0 Å². The van der Waals surface area contributed by atoms with Gasteiger partial charge in [-0.15, -0.1) is 5.10 Å². The van der Waals surface area contributed by atoms with E-state index in [1.807, 2.05) is 24.3 Å². The molecule has 0 aliphatic carbocycles. The Kier molecular flexibility index (Phi) is 4.19. The van der Waals surface area contributed by atoms with E-state index < -0.39 is 0 Å². The fourth-order valence-corrected chi connectivity index (χ4v) is 2.94. The van der Waals surface area contributed by atoms with E-state index in [1.165, 1.54) is 4.90 Å². The Labute approximate surface area is 144 Å². The number of nitrogens with zero attached hydrogens (tertiary/aromatic N) is 5. The smallest absolute Gasteiger partial charge is 0.276 e. The third kappa shape index (κ3) is 3.39. The Morgan fingerprint density at radius 2 is 2.28 bits per heavy atom. The van der Waals surface area contributed by atoms with Crippen LogP contribution in [0.1, 0.15) is 29.2 Å². The number of carbonyl (C=O) groups excluding carboxylic acids is 1. The Morgan fingerprint density at radius 1 is 1.40 bits per heavy atom. The van der Waals surface area contributed by atoms with Crippen LogP contribution in [0.25, 0.3) is 11.1 Å². The van der Waals surface area contributed by atoms with Crippen LogP contribution in [0.2, 0.25) is 0 Å². The third-order valence-corrected chi connectivity index (χ3v) is 4.23. The topological polar surface area (TPSA) is 86.3 Å².